The van der Waals surface area contributed by atoms with E-state index in [0.29, 0.717) is 23.0 Å². The van der Waals surface area contributed by atoms with E-state index < -0.39 is 5.54 Å². The fourth-order valence-electron chi connectivity index (χ4n) is 1.52. The number of carbonyl (C=O) groups excluding carboxylic acids is 1. The van der Waals surface area contributed by atoms with Crippen LogP contribution in [0.5, 0.6) is 0 Å². The number of nitrogens with zero attached hydrogens (tertiary/aromatic N) is 1. The lowest BCUT2D eigenvalue weighted by Gasteiger charge is -2.25. The Morgan fingerprint density at radius 3 is 2.72 bits per heavy atom. The third kappa shape index (κ3) is 3.85. The van der Waals surface area contributed by atoms with Gasteiger partial charge in [-0.3, -0.25) is 4.79 Å². The normalized spacial score (nSPS) is 11.2. The minimum Gasteiger partial charge on any atom is -0.382 e. The molecule has 0 atom stereocenters. The van der Waals surface area contributed by atoms with Crippen molar-refractivity contribution in [3.05, 3.63) is 22.8 Å². The molecule has 1 aromatic rings. The first-order valence-electron chi connectivity index (χ1n) is 5.54. The van der Waals surface area contributed by atoms with Crippen molar-refractivity contribution in [2.45, 2.75) is 19.4 Å². The number of hydrogen-bond acceptors (Lipinski definition) is 4. The Kier molecular flexibility index (Phi) is 4.93. The molecule has 0 saturated heterocycles. The highest BCUT2D eigenvalue weighted by molar-refractivity contribution is 6.33. The number of nitrogens with one attached hydrogen (secondary N) is 2. The smallest absolute Gasteiger partial charge is 0.253 e. The molecule has 0 saturated carbocycles. The van der Waals surface area contributed by atoms with Crippen LogP contribution in [0.2, 0.25) is 5.02 Å². The summed E-state index contributed by atoms with van der Waals surface area (Å²) in [7, 11) is 3.31. The summed E-state index contributed by atoms with van der Waals surface area (Å²) < 4.78 is 5.04. The Balaban J connectivity index is 2.82. The van der Waals surface area contributed by atoms with Gasteiger partial charge in [0.1, 0.15) is 5.82 Å². The lowest BCUT2D eigenvalue weighted by Crippen LogP contribution is -2.46. The van der Waals surface area contributed by atoms with E-state index in [2.05, 4.69) is 15.6 Å². The van der Waals surface area contributed by atoms with E-state index in [9.17, 15) is 4.79 Å². The maximum atomic E-state index is 12.0. The Hall–Kier alpha value is -1.33. The van der Waals surface area contributed by atoms with E-state index in [1.165, 1.54) is 6.20 Å². The molecule has 0 unspecified atom stereocenters. The molecule has 1 aromatic heterocycles. The molecule has 0 aliphatic heterocycles. The van der Waals surface area contributed by atoms with Crippen LogP contribution in [0.1, 0.15) is 24.2 Å². The summed E-state index contributed by atoms with van der Waals surface area (Å²) in [5.74, 6) is 0.318. The maximum Gasteiger partial charge on any atom is 0.253 e. The van der Waals surface area contributed by atoms with Crippen LogP contribution in [0, 0.1) is 0 Å². The SMILES string of the molecule is CNc1ncc(C(=O)NC(C)(C)COC)cc1Cl. The van der Waals surface area contributed by atoms with Gasteiger partial charge in [-0.05, 0) is 19.9 Å². The predicted molar refractivity (Wildman–Crippen MR) is 72.2 cm³/mol. The lowest BCUT2D eigenvalue weighted by atomic mass is 10.1. The van der Waals surface area contributed by atoms with Gasteiger partial charge in [-0.2, -0.15) is 0 Å². The first-order valence-corrected chi connectivity index (χ1v) is 5.92. The highest BCUT2D eigenvalue weighted by Gasteiger charge is 2.21. The molecule has 0 radical (unpaired) electrons. The summed E-state index contributed by atoms with van der Waals surface area (Å²) >= 11 is 5.98. The summed E-state index contributed by atoms with van der Waals surface area (Å²) in [5.41, 5.74) is -0.0248. The van der Waals surface area contributed by atoms with Crippen molar-refractivity contribution in [1.29, 1.82) is 0 Å². The van der Waals surface area contributed by atoms with Crippen molar-refractivity contribution in [3.63, 3.8) is 0 Å². The molecule has 0 aromatic carbocycles. The standard InChI is InChI=1S/C12H18ClN3O2/c1-12(2,7-18-4)16-11(17)8-5-9(13)10(14-3)15-6-8/h5-6H,7H2,1-4H3,(H,14,15)(H,16,17). The van der Waals surface area contributed by atoms with E-state index >= 15 is 0 Å². The zero-order chi connectivity index (χ0) is 13.8. The van der Waals surface area contributed by atoms with Crippen LogP contribution in [-0.4, -0.2) is 37.2 Å². The van der Waals surface area contributed by atoms with E-state index in [1.807, 2.05) is 13.8 Å². The molecule has 0 bridgehead atoms. The molecule has 6 heteroatoms. The van der Waals surface area contributed by atoms with Crippen molar-refractivity contribution in [2.24, 2.45) is 0 Å². The molecular formula is C12H18ClN3O2. The number of methoxy groups -OCH3 is 1. The Labute approximate surface area is 112 Å². The van der Waals surface area contributed by atoms with Crippen LogP contribution in [-0.2, 0) is 4.74 Å². The number of ether oxygens (including phenoxy) is 1. The van der Waals surface area contributed by atoms with Crippen molar-refractivity contribution in [3.8, 4) is 0 Å². The number of amides is 1. The zero-order valence-electron chi connectivity index (χ0n) is 11.0. The topological polar surface area (TPSA) is 63.2 Å². The fourth-order valence-corrected chi connectivity index (χ4v) is 1.78. The molecule has 0 aliphatic rings. The van der Waals surface area contributed by atoms with Crippen molar-refractivity contribution < 1.29 is 9.53 Å². The van der Waals surface area contributed by atoms with Gasteiger partial charge in [0, 0.05) is 20.4 Å². The summed E-state index contributed by atoms with van der Waals surface area (Å²) in [6.07, 6.45) is 1.48. The van der Waals surface area contributed by atoms with Gasteiger partial charge in [0.05, 0.1) is 22.7 Å². The first kappa shape index (κ1) is 14.7. The molecule has 18 heavy (non-hydrogen) atoms. The second kappa shape index (κ2) is 6.02. The van der Waals surface area contributed by atoms with Crippen LogP contribution in [0.3, 0.4) is 0 Å². The van der Waals surface area contributed by atoms with Crippen LogP contribution in [0.4, 0.5) is 5.82 Å². The van der Waals surface area contributed by atoms with Crippen molar-refractivity contribution >= 4 is 23.3 Å². The third-order valence-electron chi connectivity index (χ3n) is 2.30. The number of pyridine rings is 1. The van der Waals surface area contributed by atoms with Gasteiger partial charge in [-0.25, -0.2) is 4.98 Å². The number of anilines is 1. The van der Waals surface area contributed by atoms with Gasteiger partial charge in [-0.1, -0.05) is 11.6 Å². The molecule has 0 fully saturated rings. The Morgan fingerprint density at radius 1 is 1.56 bits per heavy atom. The lowest BCUT2D eigenvalue weighted by molar-refractivity contribution is 0.0819. The van der Waals surface area contributed by atoms with E-state index in [-0.39, 0.29) is 5.91 Å². The molecule has 1 rings (SSSR count). The fraction of sp³-hybridized carbons (Fsp3) is 0.500. The molecule has 2 N–H and O–H groups in total. The molecular weight excluding hydrogens is 254 g/mol. The quantitative estimate of drug-likeness (QED) is 0.859. The van der Waals surface area contributed by atoms with E-state index in [4.69, 9.17) is 16.3 Å². The summed E-state index contributed by atoms with van der Waals surface area (Å²) in [5, 5.41) is 6.10. The van der Waals surface area contributed by atoms with Crippen LogP contribution in [0.15, 0.2) is 12.3 Å². The molecule has 0 aliphatic carbocycles. The second-order valence-electron chi connectivity index (χ2n) is 4.58. The van der Waals surface area contributed by atoms with E-state index in [1.54, 1.807) is 20.2 Å². The predicted octanol–water partition coefficient (Wildman–Crippen LogP) is 1.93. The average molecular weight is 272 g/mol. The number of hydrogen-bond donors (Lipinski definition) is 2. The minimum atomic E-state index is -0.444. The zero-order valence-corrected chi connectivity index (χ0v) is 11.8. The molecule has 1 heterocycles. The molecule has 0 spiro atoms. The second-order valence-corrected chi connectivity index (χ2v) is 4.98. The highest BCUT2D eigenvalue weighted by Crippen LogP contribution is 2.19. The minimum absolute atomic E-state index is 0.228. The van der Waals surface area contributed by atoms with Crippen LogP contribution >= 0.6 is 11.6 Å². The average Bonchev–Trinajstić information content (AvgIpc) is 2.28. The van der Waals surface area contributed by atoms with Gasteiger partial charge < -0.3 is 15.4 Å². The van der Waals surface area contributed by atoms with Crippen LogP contribution < -0.4 is 10.6 Å². The first-order chi connectivity index (χ1) is 8.39. The van der Waals surface area contributed by atoms with Gasteiger partial charge >= 0.3 is 0 Å². The number of carbonyl (C=O) groups is 1. The third-order valence-corrected chi connectivity index (χ3v) is 2.59. The van der Waals surface area contributed by atoms with Crippen molar-refractivity contribution in [2.75, 3.05) is 26.1 Å². The van der Waals surface area contributed by atoms with Crippen LogP contribution in [0.25, 0.3) is 0 Å². The molecule has 100 valence electrons. The van der Waals surface area contributed by atoms with Crippen molar-refractivity contribution in [1.82, 2.24) is 10.3 Å². The maximum absolute atomic E-state index is 12.0. The largest absolute Gasteiger partial charge is 0.382 e. The molecule has 1 amide bonds. The van der Waals surface area contributed by atoms with Gasteiger partial charge in [0.15, 0.2) is 0 Å². The van der Waals surface area contributed by atoms with Gasteiger partial charge in [0.25, 0.3) is 5.91 Å². The monoisotopic (exact) mass is 271 g/mol. The summed E-state index contributed by atoms with van der Waals surface area (Å²) in [4.78, 5) is 16.1. The summed E-state index contributed by atoms with van der Waals surface area (Å²) in [6, 6.07) is 1.58. The highest BCUT2D eigenvalue weighted by atomic mass is 35.5. The number of halogens is 1. The Bertz CT molecular complexity index is 435. The molecule has 5 nitrogen and oxygen atoms in total. The van der Waals surface area contributed by atoms with Gasteiger partial charge in [-0.15, -0.1) is 0 Å². The number of aromatic nitrogens is 1. The number of rotatable bonds is 5. The summed E-state index contributed by atoms with van der Waals surface area (Å²) in [6.45, 7) is 4.19. The Morgan fingerprint density at radius 2 is 2.22 bits per heavy atom. The van der Waals surface area contributed by atoms with Gasteiger partial charge in [0.2, 0.25) is 0 Å². The van der Waals surface area contributed by atoms with E-state index in [0.717, 1.165) is 0 Å².